The first kappa shape index (κ1) is 23.0. The fourth-order valence-corrected chi connectivity index (χ4v) is 4.11. The molecule has 1 fully saturated rings. The van der Waals surface area contributed by atoms with Crippen molar-refractivity contribution in [1.82, 2.24) is 9.88 Å². The first-order valence-corrected chi connectivity index (χ1v) is 11.4. The van der Waals surface area contributed by atoms with Crippen molar-refractivity contribution in [2.45, 2.75) is 26.3 Å². The van der Waals surface area contributed by atoms with Crippen molar-refractivity contribution in [3.63, 3.8) is 0 Å². The number of aromatic nitrogens is 1. The average molecular weight is 452 g/mol. The summed E-state index contributed by atoms with van der Waals surface area (Å²) in [5.41, 5.74) is 2.87. The van der Waals surface area contributed by atoms with E-state index in [1.807, 2.05) is 30.0 Å². The predicted molar refractivity (Wildman–Crippen MR) is 127 cm³/mol. The van der Waals surface area contributed by atoms with E-state index in [4.69, 9.17) is 14.5 Å². The van der Waals surface area contributed by atoms with Gasteiger partial charge in [-0.05, 0) is 42.3 Å². The summed E-state index contributed by atoms with van der Waals surface area (Å²) < 4.78 is 24.2. The number of pyridine rings is 1. The lowest BCUT2D eigenvalue weighted by atomic mass is 10.1. The van der Waals surface area contributed by atoms with Crippen LogP contribution in [0.5, 0.6) is 5.75 Å². The summed E-state index contributed by atoms with van der Waals surface area (Å²) in [6.07, 6.45) is 1.09. The number of carbonyl (C=O) groups excluding carboxylic acids is 1. The zero-order chi connectivity index (χ0) is 23.2. The lowest BCUT2D eigenvalue weighted by Crippen LogP contribution is -2.38. The molecule has 0 radical (unpaired) electrons. The van der Waals surface area contributed by atoms with Gasteiger partial charge in [0.25, 0.3) is 0 Å². The fourth-order valence-electron chi connectivity index (χ4n) is 4.11. The second kappa shape index (κ2) is 10.6. The van der Waals surface area contributed by atoms with Crippen LogP contribution < -0.4 is 9.64 Å². The maximum atomic E-state index is 13.3. The lowest BCUT2D eigenvalue weighted by Gasteiger charge is -2.31. The number of hydrogen-bond donors (Lipinski definition) is 0. The molecule has 0 unspecified atom stereocenters. The molecule has 1 amide bonds. The maximum absolute atomic E-state index is 13.3. The molecule has 2 heterocycles. The largest absolute Gasteiger partial charge is 0.497 e. The third-order valence-corrected chi connectivity index (χ3v) is 5.99. The molecule has 174 valence electrons. The molecule has 33 heavy (non-hydrogen) atoms. The predicted octanol–water partition coefficient (Wildman–Crippen LogP) is 4.20. The first-order chi connectivity index (χ1) is 16.1. The standard InChI is InChI=1S/C26H30FN3O3/c1-3-25(31)30(11-10-19-4-7-22(27)8-5-19)18-21-16-20-6-9-23(32-2)17-24(20)28-26(21)29-12-14-33-15-13-29/h4-9,16-17H,3,10-15,18H2,1-2H3. The summed E-state index contributed by atoms with van der Waals surface area (Å²) in [5, 5.41) is 1.00. The third-order valence-electron chi connectivity index (χ3n) is 5.99. The minimum Gasteiger partial charge on any atom is -0.497 e. The van der Waals surface area contributed by atoms with Gasteiger partial charge in [-0.15, -0.1) is 0 Å². The van der Waals surface area contributed by atoms with Crippen molar-refractivity contribution in [2.75, 3.05) is 44.9 Å². The van der Waals surface area contributed by atoms with Crippen LogP contribution in [0.15, 0.2) is 48.5 Å². The van der Waals surface area contributed by atoms with Crippen LogP contribution in [0.3, 0.4) is 0 Å². The van der Waals surface area contributed by atoms with Crippen LogP contribution in [-0.4, -0.2) is 55.7 Å². The van der Waals surface area contributed by atoms with Crippen molar-refractivity contribution in [2.24, 2.45) is 0 Å². The summed E-state index contributed by atoms with van der Waals surface area (Å²) >= 11 is 0. The smallest absolute Gasteiger partial charge is 0.222 e. The van der Waals surface area contributed by atoms with Crippen LogP contribution in [0.2, 0.25) is 0 Å². The Morgan fingerprint density at radius 3 is 2.61 bits per heavy atom. The molecule has 4 rings (SSSR count). The van der Waals surface area contributed by atoms with Gasteiger partial charge in [0, 0.05) is 49.6 Å². The number of nitrogens with zero attached hydrogens (tertiary/aromatic N) is 3. The van der Waals surface area contributed by atoms with Crippen LogP contribution >= 0.6 is 0 Å². The van der Waals surface area contributed by atoms with Crippen molar-refractivity contribution in [3.8, 4) is 5.75 Å². The Labute approximate surface area is 193 Å². The quantitative estimate of drug-likeness (QED) is 0.514. The molecule has 0 bridgehead atoms. The van der Waals surface area contributed by atoms with Gasteiger partial charge in [0.05, 0.1) is 25.8 Å². The number of amides is 1. The maximum Gasteiger partial charge on any atom is 0.222 e. The van der Waals surface area contributed by atoms with Gasteiger partial charge in [-0.25, -0.2) is 9.37 Å². The SMILES string of the molecule is CCC(=O)N(CCc1ccc(F)cc1)Cc1cc2ccc(OC)cc2nc1N1CCOCC1. The van der Waals surface area contributed by atoms with Crippen LogP contribution in [0.1, 0.15) is 24.5 Å². The van der Waals surface area contributed by atoms with E-state index in [1.54, 1.807) is 19.2 Å². The normalized spacial score (nSPS) is 13.8. The number of hydrogen-bond acceptors (Lipinski definition) is 5. The number of rotatable bonds is 8. The highest BCUT2D eigenvalue weighted by molar-refractivity contribution is 5.84. The molecule has 7 heteroatoms. The zero-order valence-electron chi connectivity index (χ0n) is 19.2. The summed E-state index contributed by atoms with van der Waals surface area (Å²) in [7, 11) is 1.65. The van der Waals surface area contributed by atoms with Gasteiger partial charge in [0.2, 0.25) is 5.91 Å². The number of anilines is 1. The van der Waals surface area contributed by atoms with Gasteiger partial charge in [-0.2, -0.15) is 0 Å². The van der Waals surface area contributed by atoms with Crippen molar-refractivity contribution < 1.29 is 18.7 Å². The topological polar surface area (TPSA) is 54.9 Å². The molecule has 0 N–H and O–H groups in total. The van der Waals surface area contributed by atoms with E-state index in [1.165, 1.54) is 12.1 Å². The molecule has 1 aliphatic rings. The Morgan fingerprint density at radius 1 is 1.15 bits per heavy atom. The van der Waals surface area contributed by atoms with Gasteiger partial charge in [-0.3, -0.25) is 4.79 Å². The summed E-state index contributed by atoms with van der Waals surface area (Å²) in [6, 6.07) is 14.4. The molecule has 3 aromatic rings. The van der Waals surface area contributed by atoms with Crippen molar-refractivity contribution >= 4 is 22.6 Å². The monoisotopic (exact) mass is 451 g/mol. The summed E-state index contributed by atoms with van der Waals surface area (Å²) in [6.45, 7) is 5.72. The number of carbonyl (C=O) groups is 1. The van der Waals surface area contributed by atoms with Gasteiger partial charge >= 0.3 is 0 Å². The Kier molecular flexibility index (Phi) is 7.40. The van der Waals surface area contributed by atoms with E-state index in [0.717, 1.165) is 46.7 Å². The number of fused-ring (bicyclic) bond motifs is 1. The molecule has 0 saturated carbocycles. The van der Waals surface area contributed by atoms with Gasteiger partial charge < -0.3 is 19.3 Å². The Morgan fingerprint density at radius 2 is 1.91 bits per heavy atom. The molecule has 1 aromatic heterocycles. The van der Waals surface area contributed by atoms with Crippen LogP contribution in [-0.2, 0) is 22.5 Å². The van der Waals surface area contributed by atoms with E-state index in [0.29, 0.717) is 39.1 Å². The molecule has 0 aliphatic carbocycles. The van der Waals surface area contributed by atoms with Crippen molar-refractivity contribution in [1.29, 1.82) is 0 Å². The van der Waals surface area contributed by atoms with Gasteiger partial charge in [0.15, 0.2) is 0 Å². The molecular weight excluding hydrogens is 421 g/mol. The molecule has 0 atom stereocenters. The van der Waals surface area contributed by atoms with E-state index in [-0.39, 0.29) is 11.7 Å². The molecule has 2 aromatic carbocycles. The Hall–Kier alpha value is -3.19. The second-order valence-corrected chi connectivity index (χ2v) is 8.17. The molecule has 1 saturated heterocycles. The van der Waals surface area contributed by atoms with E-state index in [2.05, 4.69) is 11.0 Å². The van der Waals surface area contributed by atoms with Crippen LogP contribution in [0.25, 0.3) is 10.9 Å². The van der Waals surface area contributed by atoms with Crippen molar-refractivity contribution in [3.05, 3.63) is 65.5 Å². The third kappa shape index (κ3) is 5.60. The Balaban J connectivity index is 1.65. The van der Waals surface area contributed by atoms with Crippen LogP contribution in [0, 0.1) is 5.82 Å². The van der Waals surface area contributed by atoms with E-state index >= 15 is 0 Å². The number of benzene rings is 2. The van der Waals surface area contributed by atoms with Crippen LogP contribution in [0.4, 0.5) is 10.2 Å². The van der Waals surface area contributed by atoms with Gasteiger partial charge in [-0.1, -0.05) is 19.1 Å². The molecular formula is C26H30FN3O3. The summed E-state index contributed by atoms with van der Waals surface area (Å²) in [5.74, 6) is 1.47. The number of morpholine rings is 1. The number of ether oxygens (including phenoxy) is 2. The molecule has 0 spiro atoms. The minimum atomic E-state index is -0.255. The highest BCUT2D eigenvalue weighted by Crippen LogP contribution is 2.28. The Bertz CT molecular complexity index is 1100. The number of methoxy groups -OCH3 is 1. The van der Waals surface area contributed by atoms with E-state index < -0.39 is 0 Å². The van der Waals surface area contributed by atoms with Gasteiger partial charge in [0.1, 0.15) is 17.4 Å². The first-order valence-electron chi connectivity index (χ1n) is 11.4. The molecule has 6 nitrogen and oxygen atoms in total. The fraction of sp³-hybridized carbons (Fsp3) is 0.385. The average Bonchev–Trinajstić information content (AvgIpc) is 2.86. The molecule has 1 aliphatic heterocycles. The highest BCUT2D eigenvalue weighted by Gasteiger charge is 2.21. The second-order valence-electron chi connectivity index (χ2n) is 8.17. The minimum absolute atomic E-state index is 0.0832. The zero-order valence-corrected chi connectivity index (χ0v) is 19.2. The van der Waals surface area contributed by atoms with E-state index in [9.17, 15) is 9.18 Å². The summed E-state index contributed by atoms with van der Waals surface area (Å²) in [4.78, 5) is 21.9. The number of halogens is 1. The highest BCUT2D eigenvalue weighted by atomic mass is 19.1. The lowest BCUT2D eigenvalue weighted by molar-refractivity contribution is -0.131.